The number of anilines is 1. The molecule has 0 bridgehead atoms. The summed E-state index contributed by atoms with van der Waals surface area (Å²) < 4.78 is 6.53. The van der Waals surface area contributed by atoms with E-state index < -0.39 is 6.10 Å². The monoisotopic (exact) mass is 326 g/mol. The number of carbonyl (C=O) groups is 1. The lowest BCUT2D eigenvalue weighted by atomic mass is 10.1. The van der Waals surface area contributed by atoms with Gasteiger partial charge in [-0.15, -0.1) is 0 Å². The molecule has 1 saturated heterocycles. The number of halogens is 1. The van der Waals surface area contributed by atoms with Gasteiger partial charge in [-0.25, -0.2) is 0 Å². The Balaban J connectivity index is 2.01. The highest BCUT2D eigenvalue weighted by atomic mass is 79.9. The Morgan fingerprint density at radius 2 is 2.05 bits per heavy atom. The molecule has 1 heterocycles. The maximum atomic E-state index is 12.3. The molecule has 1 amide bonds. The summed E-state index contributed by atoms with van der Waals surface area (Å²) in [7, 11) is 0. The molecule has 19 heavy (non-hydrogen) atoms. The van der Waals surface area contributed by atoms with Crippen molar-refractivity contribution >= 4 is 27.5 Å². The smallest absolute Gasteiger partial charge is 0.263 e. The molecule has 1 atom stereocenters. The van der Waals surface area contributed by atoms with Crippen LogP contribution in [0.3, 0.4) is 0 Å². The van der Waals surface area contributed by atoms with Gasteiger partial charge in [-0.2, -0.15) is 0 Å². The fraction of sp³-hybridized carbons (Fsp3) is 0.500. The minimum atomic E-state index is -0.490. The number of likely N-dealkylation sites (tertiary alicyclic amines) is 1. The van der Waals surface area contributed by atoms with E-state index in [2.05, 4.69) is 15.9 Å². The number of rotatable bonds is 3. The van der Waals surface area contributed by atoms with Gasteiger partial charge in [-0.05, 0) is 54.2 Å². The summed E-state index contributed by atoms with van der Waals surface area (Å²) in [4.78, 5) is 14.1. The van der Waals surface area contributed by atoms with Crippen molar-refractivity contribution < 1.29 is 9.53 Å². The van der Waals surface area contributed by atoms with E-state index in [4.69, 9.17) is 10.5 Å². The Bertz CT molecular complexity index is 459. The van der Waals surface area contributed by atoms with E-state index in [1.807, 2.05) is 11.0 Å². The normalized spacial score (nSPS) is 17.1. The number of hydrogen-bond acceptors (Lipinski definition) is 3. The maximum Gasteiger partial charge on any atom is 0.263 e. The van der Waals surface area contributed by atoms with Crippen LogP contribution in [0.1, 0.15) is 26.2 Å². The van der Waals surface area contributed by atoms with E-state index in [1.54, 1.807) is 19.1 Å². The third kappa shape index (κ3) is 3.62. The van der Waals surface area contributed by atoms with Crippen molar-refractivity contribution in [2.75, 3.05) is 18.8 Å². The summed E-state index contributed by atoms with van der Waals surface area (Å²) in [6.07, 6.45) is 2.89. The molecule has 4 nitrogen and oxygen atoms in total. The number of benzene rings is 1. The lowest BCUT2D eigenvalue weighted by molar-refractivity contribution is -0.138. The van der Waals surface area contributed by atoms with E-state index in [0.29, 0.717) is 11.4 Å². The summed E-state index contributed by atoms with van der Waals surface area (Å²) in [6, 6.07) is 5.33. The van der Waals surface area contributed by atoms with Crippen molar-refractivity contribution in [3.05, 3.63) is 22.7 Å². The molecule has 1 aliphatic heterocycles. The number of piperidine rings is 1. The van der Waals surface area contributed by atoms with E-state index >= 15 is 0 Å². The highest BCUT2D eigenvalue weighted by Gasteiger charge is 2.23. The van der Waals surface area contributed by atoms with E-state index in [9.17, 15) is 4.79 Å². The summed E-state index contributed by atoms with van der Waals surface area (Å²) in [5.41, 5.74) is 6.35. The molecular formula is C14H19BrN2O2. The molecule has 1 aliphatic rings. The molecule has 0 saturated carbocycles. The van der Waals surface area contributed by atoms with Crippen LogP contribution in [0.2, 0.25) is 0 Å². The zero-order valence-electron chi connectivity index (χ0n) is 11.1. The van der Waals surface area contributed by atoms with Gasteiger partial charge in [0.25, 0.3) is 5.91 Å². The number of ether oxygens (including phenoxy) is 1. The zero-order valence-corrected chi connectivity index (χ0v) is 12.6. The second kappa shape index (κ2) is 6.28. The minimum Gasteiger partial charge on any atom is -0.480 e. The minimum absolute atomic E-state index is 0.0500. The van der Waals surface area contributed by atoms with Gasteiger partial charge >= 0.3 is 0 Å². The third-order valence-corrected chi connectivity index (χ3v) is 3.93. The molecule has 104 valence electrons. The highest BCUT2D eigenvalue weighted by Crippen LogP contribution is 2.28. The van der Waals surface area contributed by atoms with Crippen molar-refractivity contribution in [2.45, 2.75) is 32.3 Å². The molecule has 2 rings (SSSR count). The lowest BCUT2D eigenvalue weighted by Gasteiger charge is -2.29. The number of nitrogen functional groups attached to an aromatic ring is 1. The molecule has 2 N–H and O–H groups in total. The summed E-state index contributed by atoms with van der Waals surface area (Å²) in [5, 5.41) is 0. The first-order valence-electron chi connectivity index (χ1n) is 6.58. The van der Waals surface area contributed by atoms with Crippen molar-refractivity contribution in [1.82, 2.24) is 4.90 Å². The van der Waals surface area contributed by atoms with Gasteiger partial charge in [-0.1, -0.05) is 0 Å². The first-order valence-corrected chi connectivity index (χ1v) is 7.37. The number of hydrogen-bond donors (Lipinski definition) is 1. The molecule has 0 radical (unpaired) electrons. The van der Waals surface area contributed by atoms with E-state index in [-0.39, 0.29) is 5.91 Å². The fourth-order valence-corrected chi connectivity index (χ4v) is 2.56. The molecule has 1 aromatic carbocycles. The Labute approximate surface area is 122 Å². The predicted molar refractivity (Wildman–Crippen MR) is 79.1 cm³/mol. The van der Waals surface area contributed by atoms with Crippen LogP contribution in [0.5, 0.6) is 5.75 Å². The molecule has 1 unspecified atom stereocenters. The summed E-state index contributed by atoms with van der Waals surface area (Å²) in [6.45, 7) is 3.46. The van der Waals surface area contributed by atoms with Crippen molar-refractivity contribution in [1.29, 1.82) is 0 Å². The standard InChI is InChI=1S/C14H19BrN2O2/c1-10(14(18)17-7-3-2-4-8-17)19-13-9-11(16)5-6-12(13)15/h5-6,9-10H,2-4,7-8,16H2,1H3. The topological polar surface area (TPSA) is 55.6 Å². The molecule has 0 aliphatic carbocycles. The molecule has 1 aromatic rings. The average Bonchev–Trinajstić information content (AvgIpc) is 2.43. The molecule has 0 aromatic heterocycles. The molecule has 0 spiro atoms. The van der Waals surface area contributed by atoms with Gasteiger partial charge < -0.3 is 15.4 Å². The fourth-order valence-electron chi connectivity index (χ4n) is 2.22. The molecular weight excluding hydrogens is 308 g/mol. The van der Waals surface area contributed by atoms with Gasteiger partial charge in [0.05, 0.1) is 4.47 Å². The largest absolute Gasteiger partial charge is 0.480 e. The first-order chi connectivity index (χ1) is 9.08. The van der Waals surface area contributed by atoms with Gasteiger partial charge in [0.15, 0.2) is 6.10 Å². The van der Waals surface area contributed by atoms with Crippen LogP contribution in [0.15, 0.2) is 22.7 Å². The number of nitrogens with zero attached hydrogens (tertiary/aromatic N) is 1. The number of amides is 1. The number of carbonyl (C=O) groups excluding carboxylic acids is 1. The van der Waals surface area contributed by atoms with E-state index in [1.165, 1.54) is 6.42 Å². The third-order valence-electron chi connectivity index (χ3n) is 3.27. The van der Waals surface area contributed by atoms with Crippen LogP contribution < -0.4 is 10.5 Å². The quantitative estimate of drug-likeness (QED) is 0.869. The van der Waals surface area contributed by atoms with E-state index in [0.717, 1.165) is 30.4 Å². The van der Waals surface area contributed by atoms with Gasteiger partial charge in [-0.3, -0.25) is 4.79 Å². The van der Waals surface area contributed by atoms with Crippen LogP contribution in [-0.4, -0.2) is 30.0 Å². The Hall–Kier alpha value is -1.23. The average molecular weight is 327 g/mol. The predicted octanol–water partition coefficient (Wildman–Crippen LogP) is 2.81. The summed E-state index contributed by atoms with van der Waals surface area (Å²) in [5.74, 6) is 0.659. The highest BCUT2D eigenvalue weighted by molar-refractivity contribution is 9.10. The number of nitrogens with two attached hydrogens (primary N) is 1. The van der Waals surface area contributed by atoms with Crippen molar-refractivity contribution in [3.8, 4) is 5.75 Å². The van der Waals surface area contributed by atoms with Gasteiger partial charge in [0.1, 0.15) is 5.75 Å². The molecule has 5 heteroatoms. The van der Waals surface area contributed by atoms with Crippen LogP contribution in [-0.2, 0) is 4.79 Å². The van der Waals surface area contributed by atoms with Crippen LogP contribution in [0.25, 0.3) is 0 Å². The Morgan fingerprint density at radius 1 is 1.37 bits per heavy atom. The lowest BCUT2D eigenvalue weighted by Crippen LogP contribution is -2.43. The second-order valence-electron chi connectivity index (χ2n) is 4.84. The SMILES string of the molecule is CC(Oc1cc(N)ccc1Br)C(=O)N1CCCCC1. The van der Waals surface area contributed by atoms with Crippen LogP contribution in [0.4, 0.5) is 5.69 Å². The maximum absolute atomic E-state index is 12.3. The van der Waals surface area contributed by atoms with Crippen molar-refractivity contribution in [2.24, 2.45) is 0 Å². The van der Waals surface area contributed by atoms with Crippen molar-refractivity contribution in [3.63, 3.8) is 0 Å². The van der Waals surface area contributed by atoms with Gasteiger partial charge in [0.2, 0.25) is 0 Å². The second-order valence-corrected chi connectivity index (χ2v) is 5.69. The van der Waals surface area contributed by atoms with Crippen LogP contribution in [0, 0.1) is 0 Å². The van der Waals surface area contributed by atoms with Gasteiger partial charge in [0, 0.05) is 24.8 Å². The Morgan fingerprint density at radius 3 is 2.74 bits per heavy atom. The summed E-state index contributed by atoms with van der Waals surface area (Å²) >= 11 is 3.40. The van der Waals surface area contributed by atoms with Crippen LogP contribution >= 0.6 is 15.9 Å². The first kappa shape index (κ1) is 14.2. The Kier molecular flexibility index (Phi) is 4.69. The molecule has 1 fully saturated rings. The zero-order chi connectivity index (χ0) is 13.8.